The van der Waals surface area contributed by atoms with Crippen LogP contribution >= 0.6 is 11.8 Å². The summed E-state index contributed by atoms with van der Waals surface area (Å²) in [5, 5.41) is 0. The number of hydrogen-bond donors (Lipinski definition) is 1. The molecule has 2 nitrogen and oxygen atoms in total. The Morgan fingerprint density at radius 1 is 1.28 bits per heavy atom. The van der Waals surface area contributed by atoms with Crippen LogP contribution in [0.2, 0.25) is 0 Å². The Labute approximate surface area is 116 Å². The van der Waals surface area contributed by atoms with E-state index in [9.17, 15) is 0 Å². The third-order valence-electron chi connectivity index (χ3n) is 3.10. The van der Waals surface area contributed by atoms with E-state index in [0.717, 1.165) is 18.8 Å². The first-order chi connectivity index (χ1) is 8.65. The van der Waals surface area contributed by atoms with Crippen molar-refractivity contribution >= 4 is 17.4 Å². The standard InChI is InChI=1S/C15H26N2S/c1-4-18-11-7-10-17(13(2)3)12-14-8-5-6-9-15(14)16/h5-6,8-9,13H,4,7,10-12,16H2,1-3H3. The van der Waals surface area contributed by atoms with E-state index >= 15 is 0 Å². The van der Waals surface area contributed by atoms with Gasteiger partial charge in [0.15, 0.2) is 0 Å². The first kappa shape index (κ1) is 15.4. The fourth-order valence-electron chi connectivity index (χ4n) is 1.93. The molecule has 0 heterocycles. The number of hydrogen-bond acceptors (Lipinski definition) is 3. The van der Waals surface area contributed by atoms with Gasteiger partial charge in [-0.1, -0.05) is 25.1 Å². The second-order valence-electron chi connectivity index (χ2n) is 4.81. The van der Waals surface area contributed by atoms with Crippen molar-refractivity contribution in [3.05, 3.63) is 29.8 Å². The van der Waals surface area contributed by atoms with Gasteiger partial charge in [-0.2, -0.15) is 11.8 Å². The van der Waals surface area contributed by atoms with E-state index < -0.39 is 0 Å². The second kappa shape index (κ2) is 8.44. The van der Waals surface area contributed by atoms with Crippen LogP contribution in [0.1, 0.15) is 32.8 Å². The molecule has 0 spiro atoms. The maximum atomic E-state index is 6.01. The maximum absolute atomic E-state index is 6.01. The fourth-order valence-corrected chi connectivity index (χ4v) is 2.55. The van der Waals surface area contributed by atoms with Crippen LogP contribution in [-0.4, -0.2) is 29.0 Å². The predicted molar refractivity (Wildman–Crippen MR) is 84.0 cm³/mol. The Balaban J connectivity index is 2.50. The van der Waals surface area contributed by atoms with Gasteiger partial charge in [0, 0.05) is 18.3 Å². The molecule has 0 radical (unpaired) electrons. The van der Waals surface area contributed by atoms with E-state index in [1.165, 1.54) is 23.5 Å². The molecule has 102 valence electrons. The molecule has 0 saturated heterocycles. The van der Waals surface area contributed by atoms with E-state index in [-0.39, 0.29) is 0 Å². The van der Waals surface area contributed by atoms with Crippen LogP contribution in [-0.2, 0) is 6.54 Å². The molecule has 0 saturated carbocycles. The second-order valence-corrected chi connectivity index (χ2v) is 6.21. The number of para-hydroxylation sites is 1. The molecule has 0 bridgehead atoms. The van der Waals surface area contributed by atoms with E-state index in [1.54, 1.807) is 0 Å². The molecular weight excluding hydrogens is 240 g/mol. The first-order valence-corrected chi connectivity index (χ1v) is 7.95. The summed E-state index contributed by atoms with van der Waals surface area (Å²) in [7, 11) is 0. The molecule has 0 aliphatic rings. The predicted octanol–water partition coefficient (Wildman–Crippen LogP) is 3.62. The van der Waals surface area contributed by atoms with Gasteiger partial charge in [-0.3, -0.25) is 4.90 Å². The van der Waals surface area contributed by atoms with Crippen LogP contribution in [0.5, 0.6) is 0 Å². The molecular formula is C15H26N2S. The highest BCUT2D eigenvalue weighted by Crippen LogP contribution is 2.15. The molecule has 3 heteroatoms. The SMILES string of the molecule is CCSCCCN(Cc1ccccc1N)C(C)C. The first-order valence-electron chi connectivity index (χ1n) is 6.80. The Bertz CT molecular complexity index is 339. The lowest BCUT2D eigenvalue weighted by molar-refractivity contribution is 0.214. The van der Waals surface area contributed by atoms with Gasteiger partial charge in [0.1, 0.15) is 0 Å². The van der Waals surface area contributed by atoms with Crippen molar-refractivity contribution in [2.24, 2.45) is 0 Å². The highest BCUT2D eigenvalue weighted by molar-refractivity contribution is 7.99. The van der Waals surface area contributed by atoms with Gasteiger partial charge < -0.3 is 5.73 Å². The largest absolute Gasteiger partial charge is 0.398 e. The summed E-state index contributed by atoms with van der Waals surface area (Å²) < 4.78 is 0. The van der Waals surface area contributed by atoms with Crippen molar-refractivity contribution < 1.29 is 0 Å². The molecule has 2 N–H and O–H groups in total. The summed E-state index contributed by atoms with van der Waals surface area (Å²) >= 11 is 2.02. The summed E-state index contributed by atoms with van der Waals surface area (Å²) in [4.78, 5) is 2.50. The van der Waals surface area contributed by atoms with Gasteiger partial charge in [0.2, 0.25) is 0 Å². The van der Waals surface area contributed by atoms with Crippen molar-refractivity contribution in [2.45, 2.75) is 39.8 Å². The number of benzene rings is 1. The summed E-state index contributed by atoms with van der Waals surface area (Å²) in [5.74, 6) is 2.47. The minimum absolute atomic E-state index is 0.566. The lowest BCUT2D eigenvalue weighted by Gasteiger charge is -2.27. The highest BCUT2D eigenvalue weighted by Gasteiger charge is 2.11. The number of nitrogens with zero attached hydrogens (tertiary/aromatic N) is 1. The van der Waals surface area contributed by atoms with E-state index in [4.69, 9.17) is 5.73 Å². The smallest absolute Gasteiger partial charge is 0.0359 e. The number of rotatable bonds is 8. The quantitative estimate of drug-likeness (QED) is 0.575. The highest BCUT2D eigenvalue weighted by atomic mass is 32.2. The van der Waals surface area contributed by atoms with Gasteiger partial charge >= 0.3 is 0 Å². The maximum Gasteiger partial charge on any atom is 0.0359 e. The molecule has 0 amide bonds. The Morgan fingerprint density at radius 2 is 2.00 bits per heavy atom. The topological polar surface area (TPSA) is 29.3 Å². The molecule has 0 fully saturated rings. The summed E-state index contributed by atoms with van der Waals surface area (Å²) in [6.45, 7) is 8.84. The van der Waals surface area contributed by atoms with Gasteiger partial charge in [0.05, 0.1) is 0 Å². The average molecular weight is 266 g/mol. The number of nitrogen functional groups attached to an aromatic ring is 1. The monoisotopic (exact) mass is 266 g/mol. The molecule has 0 aliphatic carbocycles. The molecule has 0 unspecified atom stereocenters. The molecule has 0 atom stereocenters. The molecule has 1 rings (SSSR count). The number of nitrogens with two attached hydrogens (primary N) is 1. The Hall–Kier alpha value is -0.670. The van der Waals surface area contributed by atoms with Crippen LogP contribution in [0.4, 0.5) is 5.69 Å². The minimum atomic E-state index is 0.566. The normalized spacial score (nSPS) is 11.4. The molecule has 18 heavy (non-hydrogen) atoms. The lowest BCUT2D eigenvalue weighted by atomic mass is 10.1. The molecule has 0 aromatic heterocycles. The van der Waals surface area contributed by atoms with Crippen LogP contribution in [0.15, 0.2) is 24.3 Å². The van der Waals surface area contributed by atoms with Crippen LogP contribution in [0, 0.1) is 0 Å². The van der Waals surface area contributed by atoms with Crippen LogP contribution in [0.25, 0.3) is 0 Å². The fraction of sp³-hybridized carbons (Fsp3) is 0.600. The number of thioether (sulfide) groups is 1. The zero-order chi connectivity index (χ0) is 13.4. The average Bonchev–Trinajstić information content (AvgIpc) is 2.35. The van der Waals surface area contributed by atoms with Crippen molar-refractivity contribution in [1.29, 1.82) is 0 Å². The van der Waals surface area contributed by atoms with E-state index in [0.29, 0.717) is 6.04 Å². The van der Waals surface area contributed by atoms with Crippen molar-refractivity contribution in [3.8, 4) is 0 Å². The van der Waals surface area contributed by atoms with Crippen molar-refractivity contribution in [3.63, 3.8) is 0 Å². The van der Waals surface area contributed by atoms with Crippen LogP contribution < -0.4 is 5.73 Å². The van der Waals surface area contributed by atoms with Gasteiger partial charge in [-0.05, 0) is 49.9 Å². The minimum Gasteiger partial charge on any atom is -0.398 e. The third kappa shape index (κ3) is 5.32. The van der Waals surface area contributed by atoms with E-state index in [1.807, 2.05) is 23.9 Å². The van der Waals surface area contributed by atoms with Crippen molar-refractivity contribution in [2.75, 3.05) is 23.8 Å². The summed E-state index contributed by atoms with van der Waals surface area (Å²) in [6, 6.07) is 8.75. The van der Waals surface area contributed by atoms with Crippen LogP contribution in [0.3, 0.4) is 0 Å². The zero-order valence-electron chi connectivity index (χ0n) is 11.9. The summed E-state index contributed by atoms with van der Waals surface area (Å²) in [5.41, 5.74) is 8.17. The van der Waals surface area contributed by atoms with Gasteiger partial charge in [-0.25, -0.2) is 0 Å². The molecule has 1 aromatic carbocycles. The Morgan fingerprint density at radius 3 is 2.61 bits per heavy atom. The zero-order valence-corrected chi connectivity index (χ0v) is 12.7. The van der Waals surface area contributed by atoms with E-state index in [2.05, 4.69) is 37.8 Å². The lowest BCUT2D eigenvalue weighted by Crippen LogP contribution is -2.31. The van der Waals surface area contributed by atoms with Crippen molar-refractivity contribution in [1.82, 2.24) is 4.90 Å². The third-order valence-corrected chi connectivity index (χ3v) is 4.08. The van der Waals surface area contributed by atoms with Gasteiger partial charge in [-0.15, -0.1) is 0 Å². The molecule has 0 aliphatic heterocycles. The number of anilines is 1. The van der Waals surface area contributed by atoms with Gasteiger partial charge in [0.25, 0.3) is 0 Å². The molecule has 1 aromatic rings. The summed E-state index contributed by atoms with van der Waals surface area (Å²) in [6.07, 6.45) is 1.25. The Kier molecular flexibility index (Phi) is 7.21.